The van der Waals surface area contributed by atoms with Gasteiger partial charge in [0.1, 0.15) is 0 Å². The van der Waals surface area contributed by atoms with E-state index in [0.29, 0.717) is 6.42 Å². The zero-order valence-electron chi connectivity index (χ0n) is 16.0. The van der Waals surface area contributed by atoms with Crippen LogP contribution in [0.15, 0.2) is 12.2 Å². The van der Waals surface area contributed by atoms with Gasteiger partial charge in [-0.15, -0.1) is 0 Å². The summed E-state index contributed by atoms with van der Waals surface area (Å²) in [6.07, 6.45) is 21.4. The van der Waals surface area contributed by atoms with Crippen LogP contribution in [0.1, 0.15) is 103 Å². The number of rotatable bonds is 19. The summed E-state index contributed by atoms with van der Waals surface area (Å²) in [5, 5.41) is 26.5. The van der Waals surface area contributed by atoms with Crippen LogP contribution in [-0.4, -0.2) is 34.0 Å². The van der Waals surface area contributed by atoms with Crippen LogP contribution in [0.25, 0.3) is 0 Å². The van der Waals surface area contributed by atoms with Crippen molar-refractivity contribution in [2.75, 3.05) is 6.61 Å². The van der Waals surface area contributed by atoms with Crippen molar-refractivity contribution in [2.24, 2.45) is 0 Å². The van der Waals surface area contributed by atoms with E-state index < -0.39 is 12.1 Å². The van der Waals surface area contributed by atoms with Crippen LogP contribution in [-0.2, 0) is 4.79 Å². The first-order valence-electron chi connectivity index (χ1n) is 10.3. The lowest BCUT2D eigenvalue weighted by molar-refractivity contribution is -0.137. The molecule has 0 rings (SSSR count). The van der Waals surface area contributed by atoms with Crippen LogP contribution >= 0.6 is 0 Å². The SMILES string of the molecule is O=C(O)CCCCCCC/C=C/CCCCCCCCCC(O)CO. The van der Waals surface area contributed by atoms with E-state index in [4.69, 9.17) is 10.2 Å². The summed E-state index contributed by atoms with van der Waals surface area (Å²) in [5.41, 5.74) is 0. The zero-order valence-corrected chi connectivity index (χ0v) is 16.0. The average molecular weight is 357 g/mol. The van der Waals surface area contributed by atoms with E-state index >= 15 is 0 Å². The number of carboxylic acids is 1. The molecular formula is C21H40O4. The third-order valence-corrected chi connectivity index (χ3v) is 4.55. The number of carboxylic acid groups (broad SMARTS) is 1. The number of aliphatic hydroxyl groups excluding tert-OH is 2. The van der Waals surface area contributed by atoms with E-state index in [1.54, 1.807) is 0 Å². The molecule has 0 aliphatic heterocycles. The van der Waals surface area contributed by atoms with Gasteiger partial charge in [-0.2, -0.15) is 0 Å². The maximum atomic E-state index is 10.4. The van der Waals surface area contributed by atoms with Crippen molar-refractivity contribution < 1.29 is 20.1 Å². The smallest absolute Gasteiger partial charge is 0.303 e. The normalized spacial score (nSPS) is 12.7. The maximum absolute atomic E-state index is 10.4. The molecular weight excluding hydrogens is 316 g/mol. The Morgan fingerprint density at radius 1 is 0.720 bits per heavy atom. The van der Waals surface area contributed by atoms with Gasteiger partial charge in [-0.1, -0.05) is 69.9 Å². The van der Waals surface area contributed by atoms with Gasteiger partial charge >= 0.3 is 5.97 Å². The molecule has 1 atom stereocenters. The maximum Gasteiger partial charge on any atom is 0.303 e. The van der Waals surface area contributed by atoms with Crippen molar-refractivity contribution in [1.82, 2.24) is 0 Å². The Morgan fingerprint density at radius 2 is 1.16 bits per heavy atom. The molecule has 0 bridgehead atoms. The van der Waals surface area contributed by atoms with Crippen LogP contribution in [0.2, 0.25) is 0 Å². The lowest BCUT2D eigenvalue weighted by Gasteiger charge is -2.06. The molecule has 0 aliphatic rings. The topological polar surface area (TPSA) is 77.8 Å². The highest BCUT2D eigenvalue weighted by Gasteiger charge is 2.00. The van der Waals surface area contributed by atoms with Gasteiger partial charge in [-0.25, -0.2) is 0 Å². The van der Waals surface area contributed by atoms with E-state index in [1.165, 1.54) is 51.4 Å². The van der Waals surface area contributed by atoms with Crippen LogP contribution in [0.4, 0.5) is 0 Å². The van der Waals surface area contributed by atoms with Gasteiger partial charge in [0.05, 0.1) is 12.7 Å². The third-order valence-electron chi connectivity index (χ3n) is 4.55. The molecule has 0 amide bonds. The van der Waals surface area contributed by atoms with Crippen molar-refractivity contribution >= 4 is 5.97 Å². The molecule has 1 unspecified atom stereocenters. The highest BCUT2D eigenvalue weighted by molar-refractivity contribution is 5.66. The fraction of sp³-hybridized carbons (Fsp3) is 0.857. The highest BCUT2D eigenvalue weighted by Crippen LogP contribution is 2.11. The first-order valence-corrected chi connectivity index (χ1v) is 10.3. The van der Waals surface area contributed by atoms with Crippen molar-refractivity contribution in [3.63, 3.8) is 0 Å². The van der Waals surface area contributed by atoms with Crippen molar-refractivity contribution in [2.45, 2.75) is 109 Å². The largest absolute Gasteiger partial charge is 0.481 e. The molecule has 0 aromatic carbocycles. The molecule has 148 valence electrons. The minimum absolute atomic E-state index is 0.111. The molecule has 0 spiro atoms. The number of hydrogen-bond acceptors (Lipinski definition) is 3. The average Bonchev–Trinajstić information content (AvgIpc) is 2.60. The van der Waals surface area contributed by atoms with Gasteiger partial charge in [0, 0.05) is 6.42 Å². The van der Waals surface area contributed by atoms with E-state index in [-0.39, 0.29) is 6.61 Å². The molecule has 0 saturated heterocycles. The first-order chi connectivity index (χ1) is 12.2. The summed E-state index contributed by atoms with van der Waals surface area (Å²) >= 11 is 0. The Labute approximate surface area is 154 Å². The Balaban J connectivity index is 3.12. The monoisotopic (exact) mass is 356 g/mol. The summed E-state index contributed by atoms with van der Waals surface area (Å²) in [7, 11) is 0. The van der Waals surface area contributed by atoms with Crippen molar-refractivity contribution in [3.05, 3.63) is 12.2 Å². The number of aliphatic hydroxyl groups is 2. The second-order valence-electron chi connectivity index (χ2n) is 7.06. The summed E-state index contributed by atoms with van der Waals surface area (Å²) in [4.78, 5) is 10.4. The minimum atomic E-state index is -0.680. The number of unbranched alkanes of at least 4 members (excludes halogenated alkanes) is 12. The lowest BCUT2D eigenvalue weighted by Crippen LogP contribution is -2.10. The van der Waals surface area contributed by atoms with Crippen molar-refractivity contribution in [1.29, 1.82) is 0 Å². The van der Waals surface area contributed by atoms with Crippen LogP contribution in [0.3, 0.4) is 0 Å². The van der Waals surface area contributed by atoms with E-state index in [1.807, 2.05) is 0 Å². The number of carbonyl (C=O) groups is 1. The van der Waals surface area contributed by atoms with Crippen LogP contribution in [0, 0.1) is 0 Å². The third kappa shape index (κ3) is 21.1. The van der Waals surface area contributed by atoms with Crippen molar-refractivity contribution in [3.8, 4) is 0 Å². The number of aliphatic carboxylic acids is 1. The molecule has 3 N–H and O–H groups in total. The first kappa shape index (κ1) is 24.1. The number of hydrogen-bond donors (Lipinski definition) is 3. The molecule has 0 fully saturated rings. The molecule has 0 aliphatic carbocycles. The lowest BCUT2D eigenvalue weighted by atomic mass is 10.1. The number of allylic oxidation sites excluding steroid dienone is 2. The summed E-state index contributed by atoms with van der Waals surface area (Å²) in [6.45, 7) is -0.111. The Bertz CT molecular complexity index is 315. The summed E-state index contributed by atoms with van der Waals surface area (Å²) in [6, 6.07) is 0. The molecule has 0 aromatic heterocycles. The minimum Gasteiger partial charge on any atom is -0.481 e. The predicted molar refractivity (Wildman–Crippen MR) is 104 cm³/mol. The summed E-state index contributed by atoms with van der Waals surface area (Å²) in [5.74, 6) is -0.680. The van der Waals surface area contributed by atoms with E-state index in [2.05, 4.69) is 12.2 Å². The standard InChI is InChI=1S/C21H40O4/c22-19-20(23)17-15-13-11-9-7-5-3-1-2-4-6-8-10-12-14-16-18-21(24)25/h2,4,20,22-23H,1,3,5-19H2,(H,24,25)/b4-2+. The van der Waals surface area contributed by atoms with Gasteiger partial charge in [-0.3, -0.25) is 4.79 Å². The predicted octanol–water partition coefficient (Wildman–Crippen LogP) is 5.22. The van der Waals surface area contributed by atoms with Gasteiger partial charge in [0.15, 0.2) is 0 Å². The molecule has 4 nitrogen and oxygen atoms in total. The van der Waals surface area contributed by atoms with Gasteiger partial charge in [-0.05, 0) is 38.5 Å². The van der Waals surface area contributed by atoms with Crippen LogP contribution < -0.4 is 0 Å². The molecule has 0 aromatic rings. The second kappa shape index (κ2) is 19.5. The van der Waals surface area contributed by atoms with Crippen LogP contribution in [0.5, 0.6) is 0 Å². The molecule has 0 heterocycles. The van der Waals surface area contributed by atoms with Gasteiger partial charge in [0.2, 0.25) is 0 Å². The Hall–Kier alpha value is -0.870. The fourth-order valence-electron chi connectivity index (χ4n) is 2.92. The molecule has 25 heavy (non-hydrogen) atoms. The Kier molecular flexibility index (Phi) is 18.8. The molecule has 4 heteroatoms. The van der Waals surface area contributed by atoms with E-state index in [0.717, 1.165) is 44.9 Å². The fourth-order valence-corrected chi connectivity index (χ4v) is 2.92. The van der Waals surface area contributed by atoms with E-state index in [9.17, 15) is 9.90 Å². The molecule has 0 radical (unpaired) electrons. The van der Waals surface area contributed by atoms with Gasteiger partial charge < -0.3 is 15.3 Å². The summed E-state index contributed by atoms with van der Waals surface area (Å²) < 4.78 is 0. The molecule has 0 saturated carbocycles. The zero-order chi connectivity index (χ0) is 18.6. The highest BCUT2D eigenvalue weighted by atomic mass is 16.4. The second-order valence-corrected chi connectivity index (χ2v) is 7.06. The van der Waals surface area contributed by atoms with Gasteiger partial charge in [0.25, 0.3) is 0 Å². The Morgan fingerprint density at radius 3 is 1.64 bits per heavy atom. The quantitative estimate of drug-likeness (QED) is 0.219.